The Balaban J connectivity index is 1.45. The Morgan fingerprint density at radius 3 is 1.97 bits per heavy atom. The lowest BCUT2D eigenvalue weighted by atomic mass is 9.93. The van der Waals surface area contributed by atoms with Crippen molar-refractivity contribution < 1.29 is 4.42 Å². The predicted molar refractivity (Wildman–Crippen MR) is 145 cm³/mol. The molecule has 7 aromatic rings. The van der Waals surface area contributed by atoms with Crippen molar-refractivity contribution in [1.29, 1.82) is 0 Å². The van der Waals surface area contributed by atoms with E-state index in [1.54, 1.807) is 0 Å². The van der Waals surface area contributed by atoms with E-state index in [9.17, 15) is 0 Å². The number of benzene rings is 6. The van der Waals surface area contributed by atoms with Gasteiger partial charge in [0.2, 0.25) is 0 Å². The normalized spacial score (nSPS) is 11.7. The summed E-state index contributed by atoms with van der Waals surface area (Å²) in [6.45, 7) is 0. The van der Waals surface area contributed by atoms with Crippen LogP contribution in [0.2, 0.25) is 5.02 Å². The molecule has 0 fully saturated rings. The van der Waals surface area contributed by atoms with Crippen molar-refractivity contribution in [3.8, 4) is 22.3 Å². The van der Waals surface area contributed by atoms with Crippen LogP contribution in [0.3, 0.4) is 0 Å². The largest absolute Gasteiger partial charge is 0.455 e. The number of furan rings is 1. The third kappa shape index (κ3) is 2.95. The lowest BCUT2D eigenvalue weighted by Gasteiger charge is -2.11. The highest BCUT2D eigenvalue weighted by Gasteiger charge is 2.15. The SMILES string of the molecule is Clc1ccc2oc3c4ccccc4c(-c4ccc(-c5cccc6ccccc56)cc4)cc3c2c1. The topological polar surface area (TPSA) is 13.1 Å². The van der Waals surface area contributed by atoms with Crippen molar-refractivity contribution in [1.82, 2.24) is 0 Å². The lowest BCUT2D eigenvalue weighted by Crippen LogP contribution is -1.85. The number of rotatable bonds is 2. The van der Waals surface area contributed by atoms with Crippen molar-refractivity contribution in [2.45, 2.75) is 0 Å². The van der Waals surface area contributed by atoms with Crippen molar-refractivity contribution in [2.24, 2.45) is 0 Å². The van der Waals surface area contributed by atoms with Gasteiger partial charge in [0, 0.05) is 21.2 Å². The van der Waals surface area contributed by atoms with Crippen LogP contribution in [0.5, 0.6) is 0 Å². The molecule has 0 atom stereocenters. The van der Waals surface area contributed by atoms with Crippen LogP contribution in [0.1, 0.15) is 0 Å². The number of hydrogen-bond acceptors (Lipinski definition) is 1. The van der Waals surface area contributed by atoms with E-state index in [-0.39, 0.29) is 0 Å². The Morgan fingerprint density at radius 1 is 0.471 bits per heavy atom. The fourth-order valence-corrected chi connectivity index (χ4v) is 5.29. The summed E-state index contributed by atoms with van der Waals surface area (Å²) in [6.07, 6.45) is 0. The maximum Gasteiger partial charge on any atom is 0.143 e. The molecule has 0 aliphatic rings. The number of hydrogen-bond donors (Lipinski definition) is 0. The van der Waals surface area contributed by atoms with Gasteiger partial charge in [0.05, 0.1) is 0 Å². The van der Waals surface area contributed by atoms with Gasteiger partial charge < -0.3 is 4.42 Å². The van der Waals surface area contributed by atoms with Gasteiger partial charge in [-0.2, -0.15) is 0 Å². The average Bonchev–Trinajstić information content (AvgIpc) is 3.26. The second-order valence-electron chi connectivity index (χ2n) is 8.69. The van der Waals surface area contributed by atoms with E-state index in [1.807, 2.05) is 18.2 Å². The van der Waals surface area contributed by atoms with E-state index < -0.39 is 0 Å². The maximum atomic E-state index is 6.33. The second-order valence-corrected chi connectivity index (χ2v) is 9.13. The summed E-state index contributed by atoms with van der Waals surface area (Å²) in [6, 6.07) is 40.4. The summed E-state index contributed by atoms with van der Waals surface area (Å²) in [5, 5.41) is 7.66. The molecule has 1 heterocycles. The zero-order valence-corrected chi connectivity index (χ0v) is 19.0. The van der Waals surface area contributed by atoms with Gasteiger partial charge in [-0.1, -0.05) is 103 Å². The quantitative estimate of drug-likeness (QED) is 0.253. The van der Waals surface area contributed by atoms with E-state index in [0.717, 1.165) is 27.3 Å². The summed E-state index contributed by atoms with van der Waals surface area (Å²) < 4.78 is 6.27. The first kappa shape index (κ1) is 19.4. The van der Waals surface area contributed by atoms with Crippen molar-refractivity contribution in [3.05, 3.63) is 120 Å². The first-order chi connectivity index (χ1) is 16.8. The lowest BCUT2D eigenvalue weighted by molar-refractivity contribution is 0.672. The highest BCUT2D eigenvalue weighted by molar-refractivity contribution is 6.32. The zero-order chi connectivity index (χ0) is 22.6. The molecule has 34 heavy (non-hydrogen) atoms. The summed E-state index contributed by atoms with van der Waals surface area (Å²) in [5.74, 6) is 0. The van der Waals surface area contributed by atoms with Crippen LogP contribution in [0, 0.1) is 0 Å². The first-order valence-electron chi connectivity index (χ1n) is 11.4. The Bertz CT molecular complexity index is 1850. The highest BCUT2D eigenvalue weighted by Crippen LogP contribution is 2.41. The molecule has 1 aromatic heterocycles. The molecule has 0 amide bonds. The van der Waals surface area contributed by atoms with Crippen molar-refractivity contribution >= 4 is 55.1 Å². The second kappa shape index (κ2) is 7.48. The van der Waals surface area contributed by atoms with E-state index in [2.05, 4.69) is 97.1 Å². The van der Waals surface area contributed by atoms with Gasteiger partial charge in [0.15, 0.2) is 0 Å². The third-order valence-corrected chi connectivity index (χ3v) is 6.97. The standard InChI is InChI=1S/C32H19ClO/c33-23-16-17-31-29(18-23)30-19-28(26-9-3-4-10-27(26)32(30)34-31)22-14-12-21(13-15-22)25-11-5-7-20-6-1-2-8-24(20)25/h1-19H. The molecule has 0 radical (unpaired) electrons. The molecule has 0 spiro atoms. The molecule has 0 N–H and O–H groups in total. The maximum absolute atomic E-state index is 6.33. The van der Waals surface area contributed by atoms with Gasteiger partial charge in [-0.25, -0.2) is 0 Å². The molecule has 1 nitrogen and oxygen atoms in total. The predicted octanol–water partition coefficient (Wildman–Crippen LogP) is 9.88. The van der Waals surface area contributed by atoms with Crippen LogP contribution < -0.4 is 0 Å². The number of halogens is 1. The number of fused-ring (bicyclic) bond motifs is 6. The van der Waals surface area contributed by atoms with Gasteiger partial charge in [0.25, 0.3) is 0 Å². The molecule has 2 heteroatoms. The molecule has 0 aliphatic carbocycles. The summed E-state index contributed by atoms with van der Waals surface area (Å²) >= 11 is 6.33. The van der Waals surface area contributed by atoms with E-state index >= 15 is 0 Å². The van der Waals surface area contributed by atoms with Crippen LogP contribution in [0.15, 0.2) is 120 Å². The molecule has 7 rings (SSSR count). The van der Waals surface area contributed by atoms with Crippen LogP contribution in [-0.4, -0.2) is 0 Å². The van der Waals surface area contributed by atoms with E-state index in [0.29, 0.717) is 5.02 Å². The zero-order valence-electron chi connectivity index (χ0n) is 18.3. The molecule has 0 aliphatic heterocycles. The van der Waals surface area contributed by atoms with Crippen LogP contribution in [-0.2, 0) is 0 Å². The monoisotopic (exact) mass is 454 g/mol. The average molecular weight is 455 g/mol. The minimum Gasteiger partial charge on any atom is -0.455 e. The van der Waals surface area contributed by atoms with Crippen LogP contribution in [0.25, 0.3) is 65.7 Å². The van der Waals surface area contributed by atoms with Crippen LogP contribution in [0.4, 0.5) is 0 Å². The van der Waals surface area contributed by atoms with E-state index in [1.165, 1.54) is 38.4 Å². The van der Waals surface area contributed by atoms with E-state index in [4.69, 9.17) is 16.0 Å². The Morgan fingerprint density at radius 2 is 1.15 bits per heavy atom. The molecule has 0 unspecified atom stereocenters. The Labute approximate surface area is 201 Å². The smallest absolute Gasteiger partial charge is 0.143 e. The van der Waals surface area contributed by atoms with Gasteiger partial charge >= 0.3 is 0 Å². The summed E-state index contributed by atoms with van der Waals surface area (Å²) in [7, 11) is 0. The summed E-state index contributed by atoms with van der Waals surface area (Å²) in [4.78, 5) is 0. The van der Waals surface area contributed by atoms with Gasteiger partial charge in [-0.15, -0.1) is 0 Å². The fourth-order valence-electron chi connectivity index (χ4n) is 5.12. The van der Waals surface area contributed by atoms with Crippen molar-refractivity contribution in [3.63, 3.8) is 0 Å². The van der Waals surface area contributed by atoms with Crippen molar-refractivity contribution in [2.75, 3.05) is 0 Å². The molecule has 160 valence electrons. The minimum absolute atomic E-state index is 0.712. The first-order valence-corrected chi connectivity index (χ1v) is 11.8. The Kier molecular flexibility index (Phi) is 4.27. The van der Waals surface area contributed by atoms with Gasteiger partial charge in [-0.05, 0) is 62.7 Å². The highest BCUT2D eigenvalue weighted by atomic mass is 35.5. The summed E-state index contributed by atoms with van der Waals surface area (Å²) in [5.41, 5.74) is 6.60. The minimum atomic E-state index is 0.712. The van der Waals surface area contributed by atoms with Crippen LogP contribution >= 0.6 is 11.6 Å². The molecular formula is C32H19ClO. The molecule has 0 saturated carbocycles. The fraction of sp³-hybridized carbons (Fsp3) is 0. The Hall–Kier alpha value is -4.07. The van der Waals surface area contributed by atoms with Gasteiger partial charge in [-0.3, -0.25) is 0 Å². The molecule has 0 bridgehead atoms. The molecule has 6 aromatic carbocycles. The third-order valence-electron chi connectivity index (χ3n) is 6.74. The van der Waals surface area contributed by atoms with Gasteiger partial charge in [0.1, 0.15) is 11.2 Å². The molecule has 0 saturated heterocycles. The molecular weight excluding hydrogens is 436 g/mol.